The maximum absolute atomic E-state index is 12.4. The van der Waals surface area contributed by atoms with Crippen molar-refractivity contribution in [2.24, 2.45) is 0 Å². The number of carbonyl (C=O) groups excluding carboxylic acids is 1. The summed E-state index contributed by atoms with van der Waals surface area (Å²) in [6.07, 6.45) is 5.49. The van der Waals surface area contributed by atoms with Gasteiger partial charge in [-0.3, -0.25) is 9.48 Å². The van der Waals surface area contributed by atoms with Gasteiger partial charge in [0.15, 0.2) is 0 Å². The van der Waals surface area contributed by atoms with Crippen molar-refractivity contribution in [1.82, 2.24) is 15.1 Å². The van der Waals surface area contributed by atoms with Crippen LogP contribution in [0.5, 0.6) is 0 Å². The highest BCUT2D eigenvalue weighted by Gasteiger charge is 2.25. The highest BCUT2D eigenvalue weighted by Crippen LogP contribution is 2.30. The fourth-order valence-electron chi connectivity index (χ4n) is 3.48. The number of thiophene rings is 1. The largest absolute Gasteiger partial charge is 0.349 e. The Kier molecular flexibility index (Phi) is 4.65. The molecular formula is C20H21N3OS. The second-order valence-corrected chi connectivity index (χ2v) is 7.49. The lowest BCUT2D eigenvalue weighted by molar-refractivity contribution is -0.121. The molecule has 1 unspecified atom stereocenters. The first kappa shape index (κ1) is 16.1. The van der Waals surface area contributed by atoms with Crippen LogP contribution in [0.15, 0.2) is 54.0 Å². The van der Waals surface area contributed by atoms with Gasteiger partial charge in [0, 0.05) is 16.1 Å². The molecule has 5 heteroatoms. The quantitative estimate of drug-likeness (QED) is 0.761. The number of hydrogen-bond acceptors (Lipinski definition) is 3. The van der Waals surface area contributed by atoms with Crippen molar-refractivity contribution in [3.63, 3.8) is 0 Å². The van der Waals surface area contributed by atoms with Crippen molar-refractivity contribution in [3.8, 4) is 0 Å². The smallest absolute Gasteiger partial charge is 0.225 e. The Hall–Kier alpha value is -2.40. The summed E-state index contributed by atoms with van der Waals surface area (Å²) in [7, 11) is 0. The first-order chi connectivity index (χ1) is 12.3. The highest BCUT2D eigenvalue weighted by atomic mass is 32.1. The van der Waals surface area contributed by atoms with Gasteiger partial charge in [-0.15, -0.1) is 11.3 Å². The normalized spacial score (nSPS) is 16.4. The third-order valence-electron chi connectivity index (χ3n) is 4.69. The van der Waals surface area contributed by atoms with Crippen molar-refractivity contribution in [2.45, 2.75) is 38.3 Å². The summed E-state index contributed by atoms with van der Waals surface area (Å²) in [5, 5.41) is 9.81. The maximum atomic E-state index is 12.4. The first-order valence-electron chi connectivity index (χ1n) is 8.70. The van der Waals surface area contributed by atoms with Crippen molar-refractivity contribution >= 4 is 17.2 Å². The van der Waals surface area contributed by atoms with E-state index in [2.05, 4.69) is 39.4 Å². The van der Waals surface area contributed by atoms with Crippen LogP contribution in [0, 0.1) is 0 Å². The zero-order chi connectivity index (χ0) is 17.1. The van der Waals surface area contributed by atoms with E-state index in [1.807, 2.05) is 29.8 Å². The predicted molar refractivity (Wildman–Crippen MR) is 99.6 cm³/mol. The predicted octanol–water partition coefficient (Wildman–Crippen LogP) is 3.73. The Morgan fingerprint density at radius 2 is 2.12 bits per heavy atom. The van der Waals surface area contributed by atoms with Gasteiger partial charge in [-0.2, -0.15) is 5.10 Å². The molecule has 1 atom stereocenters. The van der Waals surface area contributed by atoms with Crippen LogP contribution in [0.3, 0.4) is 0 Å². The van der Waals surface area contributed by atoms with Gasteiger partial charge in [-0.05, 0) is 36.3 Å². The lowest BCUT2D eigenvalue weighted by atomic mass is 9.92. The van der Waals surface area contributed by atoms with E-state index in [4.69, 9.17) is 0 Å². The zero-order valence-electron chi connectivity index (χ0n) is 14.0. The minimum Gasteiger partial charge on any atom is -0.349 e. The van der Waals surface area contributed by atoms with Crippen LogP contribution < -0.4 is 5.32 Å². The number of nitrogens with one attached hydrogen (secondary N) is 1. The molecule has 2 heterocycles. The summed E-state index contributed by atoms with van der Waals surface area (Å²) in [4.78, 5) is 13.5. The van der Waals surface area contributed by atoms with Crippen molar-refractivity contribution in [1.29, 1.82) is 0 Å². The molecule has 2 aromatic heterocycles. The Morgan fingerprint density at radius 3 is 2.92 bits per heavy atom. The van der Waals surface area contributed by atoms with E-state index >= 15 is 0 Å². The number of nitrogens with zero attached hydrogens (tertiary/aromatic N) is 2. The van der Waals surface area contributed by atoms with Crippen LogP contribution in [0.4, 0.5) is 0 Å². The lowest BCUT2D eigenvalue weighted by Crippen LogP contribution is -2.32. The van der Waals surface area contributed by atoms with Crippen LogP contribution in [-0.2, 0) is 24.2 Å². The zero-order valence-corrected chi connectivity index (χ0v) is 14.8. The van der Waals surface area contributed by atoms with Crippen LogP contribution in [0.1, 0.15) is 40.6 Å². The summed E-state index contributed by atoms with van der Waals surface area (Å²) in [6, 6.07) is 14.5. The van der Waals surface area contributed by atoms with Crippen LogP contribution >= 0.6 is 11.3 Å². The first-order valence-corrected chi connectivity index (χ1v) is 9.58. The summed E-state index contributed by atoms with van der Waals surface area (Å²) in [6.45, 7) is 0.784. The molecule has 1 aliphatic rings. The van der Waals surface area contributed by atoms with Crippen molar-refractivity contribution in [3.05, 3.63) is 75.7 Å². The van der Waals surface area contributed by atoms with Crippen molar-refractivity contribution < 1.29 is 4.79 Å². The topological polar surface area (TPSA) is 46.9 Å². The van der Waals surface area contributed by atoms with E-state index < -0.39 is 0 Å². The van der Waals surface area contributed by atoms with E-state index in [0.717, 1.165) is 30.7 Å². The molecule has 4 rings (SSSR count). The Labute approximate surface area is 151 Å². The van der Waals surface area contributed by atoms with E-state index in [9.17, 15) is 4.79 Å². The Morgan fingerprint density at radius 1 is 1.24 bits per heavy atom. The van der Waals surface area contributed by atoms with Gasteiger partial charge >= 0.3 is 0 Å². The maximum Gasteiger partial charge on any atom is 0.225 e. The molecule has 0 fully saturated rings. The summed E-state index contributed by atoms with van der Waals surface area (Å²) in [5.41, 5.74) is 3.69. The third kappa shape index (κ3) is 3.66. The fourth-order valence-corrected chi connectivity index (χ4v) is 4.18. The van der Waals surface area contributed by atoms with E-state index in [-0.39, 0.29) is 11.9 Å². The summed E-state index contributed by atoms with van der Waals surface area (Å²) in [5.74, 6) is 0.0936. The molecule has 0 radical (unpaired) electrons. The number of carbonyl (C=O) groups is 1. The molecule has 25 heavy (non-hydrogen) atoms. The SMILES string of the molecule is O=C(Cc1cccs1)NC1CCCc2c1cnn2Cc1ccccc1. The molecule has 0 spiro atoms. The van der Waals surface area contributed by atoms with Gasteiger partial charge in [0.05, 0.1) is 25.2 Å². The van der Waals surface area contributed by atoms with Gasteiger partial charge < -0.3 is 5.32 Å². The van der Waals surface area contributed by atoms with Crippen LogP contribution in [0.25, 0.3) is 0 Å². The average Bonchev–Trinajstić information content (AvgIpc) is 3.27. The van der Waals surface area contributed by atoms with Gasteiger partial charge in [-0.1, -0.05) is 36.4 Å². The number of fused-ring (bicyclic) bond motifs is 1. The van der Waals surface area contributed by atoms with Crippen molar-refractivity contribution in [2.75, 3.05) is 0 Å². The summed E-state index contributed by atoms with van der Waals surface area (Å²) >= 11 is 1.63. The molecule has 0 aliphatic heterocycles. The van der Waals surface area contributed by atoms with Gasteiger partial charge in [0.2, 0.25) is 5.91 Å². The second kappa shape index (κ2) is 7.23. The number of rotatable bonds is 5. The fraction of sp³-hybridized carbons (Fsp3) is 0.300. The molecule has 0 saturated heterocycles. The molecule has 1 aliphatic carbocycles. The number of aromatic nitrogens is 2. The van der Waals surface area contributed by atoms with Crippen LogP contribution in [-0.4, -0.2) is 15.7 Å². The van der Waals surface area contributed by atoms with Crippen LogP contribution in [0.2, 0.25) is 0 Å². The molecule has 0 bridgehead atoms. The molecule has 1 aromatic carbocycles. The standard InChI is InChI=1S/C20H21N3OS/c24-20(12-16-8-5-11-25-16)22-18-9-4-10-19-17(18)13-21-23(19)14-15-6-2-1-3-7-15/h1-3,5-8,11,13,18H,4,9-10,12,14H2,(H,22,24). The second-order valence-electron chi connectivity index (χ2n) is 6.46. The number of hydrogen-bond donors (Lipinski definition) is 1. The third-order valence-corrected chi connectivity index (χ3v) is 5.56. The van der Waals surface area contributed by atoms with Gasteiger partial charge in [-0.25, -0.2) is 0 Å². The van der Waals surface area contributed by atoms with E-state index in [0.29, 0.717) is 6.42 Å². The average molecular weight is 351 g/mol. The Bertz CT molecular complexity index is 839. The molecule has 1 N–H and O–H groups in total. The van der Waals surface area contributed by atoms with E-state index in [1.165, 1.54) is 16.8 Å². The summed E-state index contributed by atoms with van der Waals surface area (Å²) < 4.78 is 2.09. The van der Waals surface area contributed by atoms with Gasteiger partial charge in [0.1, 0.15) is 0 Å². The number of benzene rings is 1. The molecule has 4 nitrogen and oxygen atoms in total. The minimum atomic E-state index is 0.0840. The highest BCUT2D eigenvalue weighted by molar-refractivity contribution is 7.10. The minimum absolute atomic E-state index is 0.0840. The lowest BCUT2D eigenvalue weighted by Gasteiger charge is -2.24. The molecular weight excluding hydrogens is 330 g/mol. The molecule has 0 saturated carbocycles. The number of amides is 1. The monoisotopic (exact) mass is 351 g/mol. The Balaban J connectivity index is 1.48. The molecule has 3 aromatic rings. The van der Waals surface area contributed by atoms with Gasteiger partial charge in [0.25, 0.3) is 0 Å². The molecule has 128 valence electrons. The molecule has 1 amide bonds. The van der Waals surface area contributed by atoms with E-state index in [1.54, 1.807) is 11.3 Å².